The summed E-state index contributed by atoms with van der Waals surface area (Å²) >= 11 is 0. The average molecular weight is 1050 g/mol. The Hall–Kier alpha value is -4.71. The van der Waals surface area contributed by atoms with Gasteiger partial charge in [0.2, 0.25) is 0 Å². The zero-order chi connectivity index (χ0) is 55.0. The molecule has 0 aliphatic heterocycles. The Morgan fingerprint density at radius 3 is 0.842 bits per heavy atom. The Morgan fingerprint density at radius 2 is 0.513 bits per heavy atom. The van der Waals surface area contributed by atoms with E-state index in [1.807, 2.05) is 0 Å². The molecule has 428 valence electrons. The first kappa shape index (κ1) is 71.3. The molecule has 76 heavy (non-hydrogen) atoms. The van der Waals surface area contributed by atoms with Crippen LogP contribution >= 0.6 is 0 Å². The first-order valence-electron chi connectivity index (χ1n) is 30.8. The van der Waals surface area contributed by atoms with Crippen LogP contribution in [0.25, 0.3) is 0 Å². The molecule has 0 fully saturated rings. The van der Waals surface area contributed by atoms with Crippen molar-refractivity contribution in [2.45, 2.75) is 264 Å². The third-order valence-electron chi connectivity index (χ3n) is 12.6. The fraction of sp³-hybridized carbons (Fsp3) is 0.614. The smallest absolute Gasteiger partial charge is 0.306 e. The molecule has 0 spiro atoms. The maximum atomic E-state index is 12.9. The third-order valence-corrected chi connectivity index (χ3v) is 12.6. The monoisotopic (exact) mass is 1050 g/mol. The van der Waals surface area contributed by atoms with E-state index in [2.05, 4.69) is 167 Å². The van der Waals surface area contributed by atoms with Crippen molar-refractivity contribution in [3.63, 3.8) is 0 Å². The minimum atomic E-state index is -0.815. The number of hydrogen-bond acceptors (Lipinski definition) is 6. The predicted molar refractivity (Wildman–Crippen MR) is 329 cm³/mol. The highest BCUT2D eigenvalue weighted by Crippen LogP contribution is 2.14. The molecular formula is C70H112O6. The second-order valence-electron chi connectivity index (χ2n) is 19.8. The maximum Gasteiger partial charge on any atom is 0.306 e. The fourth-order valence-electron chi connectivity index (χ4n) is 8.00. The summed E-state index contributed by atoms with van der Waals surface area (Å²) in [7, 11) is 0. The van der Waals surface area contributed by atoms with E-state index < -0.39 is 6.10 Å². The minimum Gasteiger partial charge on any atom is -0.462 e. The van der Waals surface area contributed by atoms with E-state index in [0.717, 1.165) is 154 Å². The number of allylic oxidation sites excluding steroid dienone is 24. The van der Waals surface area contributed by atoms with E-state index in [4.69, 9.17) is 14.2 Å². The maximum absolute atomic E-state index is 12.9. The summed E-state index contributed by atoms with van der Waals surface area (Å²) in [5, 5.41) is 0. The lowest BCUT2D eigenvalue weighted by Crippen LogP contribution is -2.30. The van der Waals surface area contributed by atoms with Crippen molar-refractivity contribution in [3.05, 3.63) is 146 Å². The molecule has 0 radical (unpaired) electrons. The summed E-state index contributed by atoms with van der Waals surface area (Å²) in [6, 6.07) is 0. The molecule has 6 heteroatoms. The van der Waals surface area contributed by atoms with Crippen molar-refractivity contribution < 1.29 is 28.6 Å². The lowest BCUT2D eigenvalue weighted by molar-refractivity contribution is -0.167. The summed E-state index contributed by atoms with van der Waals surface area (Å²) in [4.78, 5) is 38.2. The molecule has 0 aromatic rings. The predicted octanol–water partition coefficient (Wildman–Crippen LogP) is 21.2. The topological polar surface area (TPSA) is 78.9 Å². The molecule has 1 atom stereocenters. The van der Waals surface area contributed by atoms with Crippen molar-refractivity contribution in [1.29, 1.82) is 0 Å². The van der Waals surface area contributed by atoms with E-state index in [-0.39, 0.29) is 31.1 Å². The molecule has 0 saturated carbocycles. The number of unbranched alkanes of at least 4 members (excludes halogenated alkanes) is 19. The zero-order valence-electron chi connectivity index (χ0n) is 49.0. The van der Waals surface area contributed by atoms with Gasteiger partial charge < -0.3 is 14.2 Å². The molecule has 0 rings (SSSR count). The molecule has 0 aliphatic rings. The van der Waals surface area contributed by atoms with Gasteiger partial charge in [-0.25, -0.2) is 0 Å². The van der Waals surface area contributed by atoms with Crippen molar-refractivity contribution in [2.24, 2.45) is 0 Å². The van der Waals surface area contributed by atoms with Crippen LogP contribution in [0.4, 0.5) is 0 Å². The molecule has 6 nitrogen and oxygen atoms in total. The van der Waals surface area contributed by atoms with E-state index in [9.17, 15) is 14.4 Å². The number of esters is 3. The standard InChI is InChI=1S/C70H112O6/c1-4-7-10-13-16-19-22-25-28-30-31-32-33-34-35-36-37-38-39-40-43-45-48-51-54-57-60-63-69(72)75-66-67(65-74-68(71)62-59-56-53-50-47-44-41-27-24-21-18-15-12-9-6-3)76-70(73)64-61-58-55-52-49-46-42-29-26-23-20-17-14-11-8-5-2/h7,9-10,12,16,18-19,21,25,27-29,31-32,34-35,37-38,40-43,48,51,67H,4-6,8,11,13-15,17,20,22-24,26,30,33,36,39,44-47,49-50,52-66H2,1-3H3/b10-7-,12-9-,19-16-,21-18-,28-25-,32-31-,35-34-,38-37-,41-27-,42-29-,43-40-,51-48-. The Bertz CT molecular complexity index is 1680. The quantitative estimate of drug-likeness (QED) is 0.0261. The Labute approximate surface area is 467 Å². The van der Waals surface area contributed by atoms with Crippen molar-refractivity contribution >= 4 is 17.9 Å². The van der Waals surface area contributed by atoms with Crippen LogP contribution in [0, 0.1) is 0 Å². The molecule has 0 N–H and O–H groups in total. The Kier molecular flexibility index (Phi) is 58.9. The first-order chi connectivity index (χ1) is 37.5. The van der Waals surface area contributed by atoms with Crippen LogP contribution in [0.5, 0.6) is 0 Å². The molecule has 0 aliphatic carbocycles. The van der Waals surface area contributed by atoms with Gasteiger partial charge in [-0.2, -0.15) is 0 Å². The minimum absolute atomic E-state index is 0.109. The average Bonchev–Trinajstić information content (AvgIpc) is 3.42. The van der Waals surface area contributed by atoms with Crippen molar-refractivity contribution in [1.82, 2.24) is 0 Å². The van der Waals surface area contributed by atoms with E-state index in [1.54, 1.807) is 0 Å². The second kappa shape index (κ2) is 62.8. The number of carbonyl (C=O) groups is 3. The molecule has 0 saturated heterocycles. The summed E-state index contributed by atoms with van der Waals surface area (Å²) < 4.78 is 16.8. The van der Waals surface area contributed by atoms with Gasteiger partial charge in [0, 0.05) is 19.3 Å². The van der Waals surface area contributed by atoms with Gasteiger partial charge in [-0.3, -0.25) is 14.4 Å². The number of ether oxygens (including phenoxy) is 3. The molecule has 1 unspecified atom stereocenters. The van der Waals surface area contributed by atoms with Crippen LogP contribution < -0.4 is 0 Å². The van der Waals surface area contributed by atoms with Crippen LogP contribution in [-0.2, 0) is 28.6 Å². The number of carbonyl (C=O) groups excluding carboxylic acids is 3. The largest absolute Gasteiger partial charge is 0.462 e. The first-order valence-corrected chi connectivity index (χ1v) is 30.8. The molecule has 0 aromatic heterocycles. The Morgan fingerprint density at radius 1 is 0.276 bits per heavy atom. The normalized spacial score (nSPS) is 13.1. The van der Waals surface area contributed by atoms with Gasteiger partial charge in [0.05, 0.1) is 0 Å². The van der Waals surface area contributed by atoms with E-state index >= 15 is 0 Å². The summed E-state index contributed by atoms with van der Waals surface area (Å²) in [5.74, 6) is -0.981. The van der Waals surface area contributed by atoms with Gasteiger partial charge in [-0.05, 0) is 141 Å². The molecule has 0 amide bonds. The van der Waals surface area contributed by atoms with Crippen LogP contribution in [0.1, 0.15) is 258 Å². The number of rotatable bonds is 54. The van der Waals surface area contributed by atoms with Crippen LogP contribution in [0.2, 0.25) is 0 Å². The lowest BCUT2D eigenvalue weighted by atomic mass is 10.1. The third kappa shape index (κ3) is 60.2. The van der Waals surface area contributed by atoms with Gasteiger partial charge in [0.15, 0.2) is 6.10 Å². The van der Waals surface area contributed by atoms with Gasteiger partial charge in [0.1, 0.15) is 13.2 Å². The van der Waals surface area contributed by atoms with Crippen molar-refractivity contribution in [2.75, 3.05) is 13.2 Å². The van der Waals surface area contributed by atoms with Gasteiger partial charge in [0.25, 0.3) is 0 Å². The molecule has 0 aromatic carbocycles. The number of hydrogen-bond donors (Lipinski definition) is 0. The van der Waals surface area contributed by atoms with Gasteiger partial charge >= 0.3 is 17.9 Å². The SMILES string of the molecule is CC/C=C\C/C=C\C/C=C\C/C=C\C/C=C\C/C=C\C/C=C\C/C=C\CCCCC(=O)OCC(COC(=O)CCCCCCC/C=C\C/C=C\C/C=C\CC)OC(=O)CCCCCCC/C=C\CCCCCCCCC. The highest BCUT2D eigenvalue weighted by molar-refractivity contribution is 5.71. The van der Waals surface area contributed by atoms with E-state index in [1.165, 1.54) is 57.8 Å². The van der Waals surface area contributed by atoms with Gasteiger partial charge in [-0.1, -0.05) is 244 Å². The highest BCUT2D eigenvalue weighted by Gasteiger charge is 2.19. The highest BCUT2D eigenvalue weighted by atomic mass is 16.6. The van der Waals surface area contributed by atoms with Crippen LogP contribution in [0.3, 0.4) is 0 Å². The molecule has 0 bridgehead atoms. The van der Waals surface area contributed by atoms with E-state index in [0.29, 0.717) is 25.7 Å². The van der Waals surface area contributed by atoms with Crippen LogP contribution in [-0.4, -0.2) is 37.2 Å². The zero-order valence-corrected chi connectivity index (χ0v) is 49.0. The van der Waals surface area contributed by atoms with Crippen molar-refractivity contribution in [3.8, 4) is 0 Å². The lowest BCUT2D eigenvalue weighted by Gasteiger charge is -2.18. The van der Waals surface area contributed by atoms with Crippen LogP contribution in [0.15, 0.2) is 146 Å². The summed E-state index contributed by atoms with van der Waals surface area (Å²) in [6.07, 6.45) is 89.9. The fourth-order valence-corrected chi connectivity index (χ4v) is 8.00. The Balaban J connectivity index is 4.48. The van der Waals surface area contributed by atoms with Gasteiger partial charge in [-0.15, -0.1) is 0 Å². The summed E-state index contributed by atoms with van der Waals surface area (Å²) in [5.41, 5.74) is 0. The molecule has 0 heterocycles. The second-order valence-corrected chi connectivity index (χ2v) is 19.8. The summed E-state index contributed by atoms with van der Waals surface area (Å²) in [6.45, 7) is 6.35. The molecular weight excluding hydrogens is 937 g/mol.